The van der Waals surface area contributed by atoms with Crippen molar-refractivity contribution in [2.24, 2.45) is 0 Å². The number of benzene rings is 1. The Morgan fingerprint density at radius 3 is 2.62 bits per heavy atom. The van der Waals surface area contributed by atoms with Crippen LogP contribution in [0.25, 0.3) is 0 Å². The molecule has 4 rings (SSSR count). The van der Waals surface area contributed by atoms with E-state index in [1.165, 1.54) is 9.58 Å². The predicted octanol–water partition coefficient (Wildman–Crippen LogP) is 2.85. The molecule has 1 aromatic carbocycles. The molecule has 2 aliphatic heterocycles. The first-order valence-corrected chi connectivity index (χ1v) is 8.15. The van der Waals surface area contributed by atoms with Gasteiger partial charge < -0.3 is 4.90 Å². The van der Waals surface area contributed by atoms with Gasteiger partial charge in [0.25, 0.3) is 5.91 Å². The van der Waals surface area contributed by atoms with E-state index in [9.17, 15) is 13.6 Å². The number of rotatable bonds is 2. The van der Waals surface area contributed by atoms with Gasteiger partial charge in [0.1, 0.15) is 6.17 Å². The zero-order chi connectivity index (χ0) is 16.8. The van der Waals surface area contributed by atoms with E-state index in [-0.39, 0.29) is 36.7 Å². The SMILES string of the molecule is CC1CC(F)CN1C(=O)c1nc2n(n1)C(c1ccccc1)CC2F. The summed E-state index contributed by atoms with van der Waals surface area (Å²) >= 11 is 0. The summed E-state index contributed by atoms with van der Waals surface area (Å²) < 4.78 is 29.3. The number of aromatic nitrogens is 3. The number of alkyl halides is 2. The molecule has 0 saturated carbocycles. The van der Waals surface area contributed by atoms with Crippen molar-refractivity contribution < 1.29 is 13.6 Å². The Morgan fingerprint density at radius 1 is 1.21 bits per heavy atom. The van der Waals surface area contributed by atoms with Crippen LogP contribution in [-0.4, -0.2) is 44.3 Å². The van der Waals surface area contributed by atoms with Gasteiger partial charge in [-0.25, -0.2) is 18.4 Å². The molecular formula is C17H18F2N4O. The van der Waals surface area contributed by atoms with Gasteiger partial charge in [-0.05, 0) is 12.5 Å². The van der Waals surface area contributed by atoms with Crippen molar-refractivity contribution in [3.05, 3.63) is 47.5 Å². The molecule has 0 N–H and O–H groups in total. The van der Waals surface area contributed by atoms with Gasteiger partial charge in [0, 0.05) is 18.9 Å². The fourth-order valence-electron chi connectivity index (χ4n) is 3.60. The molecular weight excluding hydrogens is 314 g/mol. The van der Waals surface area contributed by atoms with Crippen molar-refractivity contribution in [2.45, 2.75) is 44.2 Å². The molecule has 4 atom stereocenters. The highest BCUT2D eigenvalue weighted by molar-refractivity contribution is 5.91. The Hall–Kier alpha value is -2.31. The Balaban J connectivity index is 1.65. The smallest absolute Gasteiger partial charge is 0.293 e. The molecule has 1 aromatic heterocycles. The van der Waals surface area contributed by atoms with Crippen molar-refractivity contribution in [2.75, 3.05) is 6.54 Å². The van der Waals surface area contributed by atoms with E-state index in [0.29, 0.717) is 6.42 Å². The van der Waals surface area contributed by atoms with Crippen LogP contribution >= 0.6 is 0 Å². The van der Waals surface area contributed by atoms with E-state index < -0.39 is 18.3 Å². The lowest BCUT2D eigenvalue weighted by atomic mass is 10.0. The molecule has 2 aromatic rings. The van der Waals surface area contributed by atoms with Gasteiger partial charge in [-0.1, -0.05) is 30.3 Å². The van der Waals surface area contributed by atoms with Gasteiger partial charge in [-0.3, -0.25) is 4.79 Å². The van der Waals surface area contributed by atoms with Crippen molar-refractivity contribution >= 4 is 5.91 Å². The van der Waals surface area contributed by atoms with Crippen LogP contribution in [0, 0.1) is 0 Å². The van der Waals surface area contributed by atoms with Gasteiger partial charge in [-0.15, -0.1) is 5.10 Å². The van der Waals surface area contributed by atoms with E-state index in [1.807, 2.05) is 30.3 Å². The lowest BCUT2D eigenvalue weighted by molar-refractivity contribution is 0.0726. The number of halogens is 2. The van der Waals surface area contributed by atoms with Crippen LogP contribution < -0.4 is 0 Å². The number of carbonyl (C=O) groups is 1. The first-order chi connectivity index (χ1) is 11.5. The van der Waals surface area contributed by atoms with Crippen LogP contribution in [0.4, 0.5) is 8.78 Å². The van der Waals surface area contributed by atoms with Gasteiger partial charge >= 0.3 is 0 Å². The molecule has 0 radical (unpaired) electrons. The lowest BCUT2D eigenvalue weighted by Gasteiger charge is -2.19. The first kappa shape index (κ1) is 15.2. The summed E-state index contributed by atoms with van der Waals surface area (Å²) in [7, 11) is 0. The van der Waals surface area contributed by atoms with Crippen LogP contribution in [0.15, 0.2) is 30.3 Å². The third-order valence-electron chi connectivity index (χ3n) is 4.82. The number of hydrogen-bond donors (Lipinski definition) is 0. The summed E-state index contributed by atoms with van der Waals surface area (Å²) in [5, 5.41) is 4.25. The van der Waals surface area contributed by atoms with E-state index in [0.717, 1.165) is 5.56 Å². The Kier molecular flexibility index (Phi) is 3.58. The summed E-state index contributed by atoms with van der Waals surface area (Å²) in [4.78, 5) is 18.1. The topological polar surface area (TPSA) is 51.0 Å². The fraction of sp³-hybridized carbons (Fsp3) is 0.471. The number of nitrogens with zero attached hydrogens (tertiary/aromatic N) is 4. The Labute approximate surface area is 138 Å². The van der Waals surface area contributed by atoms with E-state index in [1.54, 1.807) is 6.92 Å². The van der Waals surface area contributed by atoms with E-state index in [2.05, 4.69) is 10.1 Å². The minimum atomic E-state index is -1.26. The second-order valence-corrected chi connectivity index (χ2v) is 6.51. The summed E-state index contributed by atoms with van der Waals surface area (Å²) in [6.07, 6.45) is -1.70. The van der Waals surface area contributed by atoms with Crippen LogP contribution in [0.5, 0.6) is 0 Å². The third-order valence-corrected chi connectivity index (χ3v) is 4.82. The quantitative estimate of drug-likeness (QED) is 0.850. The van der Waals surface area contributed by atoms with Crippen molar-refractivity contribution in [1.29, 1.82) is 0 Å². The highest BCUT2D eigenvalue weighted by Crippen LogP contribution is 2.39. The molecule has 3 heterocycles. The summed E-state index contributed by atoms with van der Waals surface area (Å²) in [6.45, 7) is 1.84. The summed E-state index contributed by atoms with van der Waals surface area (Å²) in [5.74, 6) is -0.298. The normalized spacial score (nSPS) is 29.0. The van der Waals surface area contributed by atoms with Gasteiger partial charge in [0.15, 0.2) is 12.0 Å². The monoisotopic (exact) mass is 332 g/mol. The number of carbonyl (C=O) groups excluding carboxylic acids is 1. The largest absolute Gasteiger partial charge is 0.330 e. The average molecular weight is 332 g/mol. The summed E-state index contributed by atoms with van der Waals surface area (Å²) in [5.41, 5.74) is 0.932. The minimum Gasteiger partial charge on any atom is -0.330 e. The standard InChI is InChI=1S/C17H18F2N4O/c1-10-7-12(18)9-22(10)17(24)15-20-16-13(19)8-14(23(16)21-15)11-5-3-2-4-6-11/h2-6,10,12-14H,7-9H2,1H3. The molecule has 2 aliphatic rings. The summed E-state index contributed by atoms with van der Waals surface area (Å²) in [6, 6.07) is 9.02. The Bertz CT molecular complexity index is 763. The molecule has 7 heteroatoms. The number of likely N-dealkylation sites (tertiary alicyclic amines) is 1. The molecule has 24 heavy (non-hydrogen) atoms. The number of hydrogen-bond acceptors (Lipinski definition) is 3. The molecule has 1 saturated heterocycles. The van der Waals surface area contributed by atoms with Crippen LogP contribution in [0.1, 0.15) is 54.0 Å². The lowest BCUT2D eigenvalue weighted by Crippen LogP contribution is -2.35. The molecule has 126 valence electrons. The number of fused-ring (bicyclic) bond motifs is 1. The van der Waals surface area contributed by atoms with Crippen LogP contribution in [-0.2, 0) is 0 Å². The molecule has 1 amide bonds. The average Bonchev–Trinajstić information content (AvgIpc) is 3.23. The van der Waals surface area contributed by atoms with E-state index >= 15 is 0 Å². The highest BCUT2D eigenvalue weighted by atomic mass is 19.1. The van der Waals surface area contributed by atoms with Crippen LogP contribution in [0.3, 0.4) is 0 Å². The first-order valence-electron chi connectivity index (χ1n) is 8.15. The number of amides is 1. The highest BCUT2D eigenvalue weighted by Gasteiger charge is 2.39. The van der Waals surface area contributed by atoms with Gasteiger partial charge in [0.2, 0.25) is 5.82 Å². The van der Waals surface area contributed by atoms with E-state index in [4.69, 9.17) is 0 Å². The minimum absolute atomic E-state index is 0.0467. The molecule has 1 fully saturated rings. The molecule has 0 aliphatic carbocycles. The Morgan fingerprint density at radius 2 is 1.96 bits per heavy atom. The van der Waals surface area contributed by atoms with Gasteiger partial charge in [0.05, 0.1) is 12.6 Å². The predicted molar refractivity (Wildman–Crippen MR) is 83.1 cm³/mol. The van der Waals surface area contributed by atoms with Gasteiger partial charge in [-0.2, -0.15) is 0 Å². The van der Waals surface area contributed by atoms with Crippen molar-refractivity contribution in [3.8, 4) is 0 Å². The fourth-order valence-corrected chi connectivity index (χ4v) is 3.60. The molecule has 4 unspecified atom stereocenters. The third kappa shape index (κ3) is 2.39. The van der Waals surface area contributed by atoms with Crippen LogP contribution in [0.2, 0.25) is 0 Å². The molecule has 5 nitrogen and oxygen atoms in total. The maximum atomic E-state index is 14.3. The maximum absolute atomic E-state index is 14.3. The van der Waals surface area contributed by atoms with Crippen molar-refractivity contribution in [1.82, 2.24) is 19.7 Å². The second-order valence-electron chi connectivity index (χ2n) is 6.51. The maximum Gasteiger partial charge on any atom is 0.293 e. The molecule has 0 spiro atoms. The van der Waals surface area contributed by atoms with Crippen molar-refractivity contribution in [3.63, 3.8) is 0 Å². The second kappa shape index (κ2) is 5.65. The zero-order valence-corrected chi connectivity index (χ0v) is 13.3. The zero-order valence-electron chi connectivity index (χ0n) is 13.3. The molecule has 0 bridgehead atoms.